The summed E-state index contributed by atoms with van der Waals surface area (Å²) in [5.41, 5.74) is 2.93. The summed E-state index contributed by atoms with van der Waals surface area (Å²) in [4.78, 5) is 12.3. The molecule has 0 aliphatic carbocycles. The van der Waals surface area contributed by atoms with E-state index in [1.165, 1.54) is 5.56 Å². The third-order valence-electron chi connectivity index (χ3n) is 3.82. The molecule has 1 amide bonds. The lowest BCUT2D eigenvalue weighted by Crippen LogP contribution is -2.31. The van der Waals surface area contributed by atoms with E-state index in [4.69, 9.17) is 4.74 Å². The Balaban J connectivity index is 1.97. The standard InChI is InChI=1S/C19H23BrN2O2/c1-4-16(14-6-8-15(20)9-7-14)21-12-19(23)22-17-11-13(2)5-10-18(17)24-3/h5-11,16,21H,4,12H2,1-3H3,(H,22,23)/t16-/m0/s1. The summed E-state index contributed by atoms with van der Waals surface area (Å²) >= 11 is 3.44. The third kappa shape index (κ3) is 5.08. The Kier molecular flexibility index (Phi) is 6.82. The van der Waals surface area contributed by atoms with Gasteiger partial charge in [0.05, 0.1) is 19.3 Å². The van der Waals surface area contributed by atoms with Gasteiger partial charge in [0, 0.05) is 10.5 Å². The molecule has 2 N–H and O–H groups in total. The zero-order valence-electron chi connectivity index (χ0n) is 14.2. The van der Waals surface area contributed by atoms with E-state index in [2.05, 4.69) is 45.6 Å². The normalized spacial score (nSPS) is 11.8. The van der Waals surface area contributed by atoms with Gasteiger partial charge in [-0.25, -0.2) is 0 Å². The van der Waals surface area contributed by atoms with E-state index in [0.29, 0.717) is 11.4 Å². The minimum absolute atomic E-state index is 0.0885. The van der Waals surface area contributed by atoms with Crippen LogP contribution >= 0.6 is 15.9 Å². The Labute approximate surface area is 151 Å². The lowest BCUT2D eigenvalue weighted by Gasteiger charge is -2.18. The first-order valence-corrected chi connectivity index (χ1v) is 8.76. The summed E-state index contributed by atoms with van der Waals surface area (Å²) < 4.78 is 6.34. The average molecular weight is 391 g/mol. The first-order valence-electron chi connectivity index (χ1n) is 7.96. The number of hydrogen-bond acceptors (Lipinski definition) is 3. The number of rotatable bonds is 7. The fourth-order valence-corrected chi connectivity index (χ4v) is 2.79. The van der Waals surface area contributed by atoms with Gasteiger partial charge in [-0.3, -0.25) is 4.79 Å². The van der Waals surface area contributed by atoms with Crippen LogP contribution in [-0.4, -0.2) is 19.6 Å². The van der Waals surface area contributed by atoms with E-state index in [1.807, 2.05) is 37.3 Å². The summed E-state index contributed by atoms with van der Waals surface area (Å²) in [6.45, 7) is 4.32. The number of ether oxygens (including phenoxy) is 1. The molecule has 0 aliphatic heterocycles. The van der Waals surface area contributed by atoms with E-state index < -0.39 is 0 Å². The maximum Gasteiger partial charge on any atom is 0.238 e. The van der Waals surface area contributed by atoms with Crippen molar-refractivity contribution < 1.29 is 9.53 Å². The first kappa shape index (κ1) is 18.5. The summed E-state index contributed by atoms with van der Waals surface area (Å²) in [6.07, 6.45) is 0.905. The van der Waals surface area contributed by atoms with Gasteiger partial charge in [0.25, 0.3) is 0 Å². The molecule has 0 heterocycles. The van der Waals surface area contributed by atoms with Crippen molar-refractivity contribution >= 4 is 27.5 Å². The second kappa shape index (κ2) is 8.85. The molecule has 24 heavy (non-hydrogen) atoms. The molecule has 2 aromatic rings. The number of amides is 1. The lowest BCUT2D eigenvalue weighted by molar-refractivity contribution is -0.115. The van der Waals surface area contributed by atoms with Gasteiger partial charge in [-0.1, -0.05) is 41.1 Å². The maximum atomic E-state index is 12.3. The van der Waals surface area contributed by atoms with Gasteiger partial charge >= 0.3 is 0 Å². The highest BCUT2D eigenvalue weighted by atomic mass is 79.9. The molecule has 2 rings (SSSR count). The van der Waals surface area contributed by atoms with Gasteiger partial charge in [-0.05, 0) is 48.7 Å². The molecule has 0 unspecified atom stereocenters. The van der Waals surface area contributed by atoms with Crippen molar-refractivity contribution in [2.45, 2.75) is 26.3 Å². The Bertz CT molecular complexity index is 686. The molecule has 2 aromatic carbocycles. The number of benzene rings is 2. The molecule has 0 spiro atoms. The van der Waals surface area contributed by atoms with E-state index >= 15 is 0 Å². The van der Waals surface area contributed by atoms with Crippen LogP contribution in [0.2, 0.25) is 0 Å². The summed E-state index contributed by atoms with van der Waals surface area (Å²) in [5, 5.41) is 6.22. The van der Waals surface area contributed by atoms with Gasteiger partial charge in [0.1, 0.15) is 5.75 Å². The summed E-state index contributed by atoms with van der Waals surface area (Å²) in [5.74, 6) is 0.573. The van der Waals surface area contributed by atoms with Crippen LogP contribution < -0.4 is 15.4 Å². The van der Waals surface area contributed by atoms with Crippen LogP contribution in [0.5, 0.6) is 5.75 Å². The quantitative estimate of drug-likeness (QED) is 0.734. The Morgan fingerprint density at radius 3 is 2.54 bits per heavy atom. The lowest BCUT2D eigenvalue weighted by atomic mass is 10.0. The molecule has 0 aliphatic rings. The molecule has 1 atom stereocenters. The van der Waals surface area contributed by atoms with Gasteiger partial charge in [-0.15, -0.1) is 0 Å². The van der Waals surface area contributed by atoms with Crippen molar-refractivity contribution in [1.29, 1.82) is 0 Å². The van der Waals surface area contributed by atoms with Gasteiger partial charge in [-0.2, -0.15) is 0 Å². The molecule has 0 bridgehead atoms. The number of halogens is 1. The Morgan fingerprint density at radius 2 is 1.92 bits per heavy atom. The average Bonchev–Trinajstić information content (AvgIpc) is 2.57. The highest BCUT2D eigenvalue weighted by molar-refractivity contribution is 9.10. The van der Waals surface area contributed by atoms with E-state index in [9.17, 15) is 4.79 Å². The van der Waals surface area contributed by atoms with Crippen LogP contribution in [0.1, 0.15) is 30.5 Å². The third-order valence-corrected chi connectivity index (χ3v) is 4.35. The van der Waals surface area contributed by atoms with E-state index in [-0.39, 0.29) is 18.5 Å². The Morgan fingerprint density at radius 1 is 1.21 bits per heavy atom. The zero-order chi connectivity index (χ0) is 17.5. The van der Waals surface area contributed by atoms with E-state index in [1.54, 1.807) is 7.11 Å². The monoisotopic (exact) mass is 390 g/mol. The zero-order valence-corrected chi connectivity index (χ0v) is 15.8. The van der Waals surface area contributed by atoms with Gasteiger partial charge in [0.2, 0.25) is 5.91 Å². The molecule has 0 fully saturated rings. The second-order valence-corrected chi connectivity index (χ2v) is 6.56. The molecule has 0 saturated carbocycles. The molecule has 4 nitrogen and oxygen atoms in total. The molecule has 0 radical (unpaired) electrons. The van der Waals surface area contributed by atoms with Crippen molar-refractivity contribution in [2.24, 2.45) is 0 Å². The summed E-state index contributed by atoms with van der Waals surface area (Å²) in [7, 11) is 1.60. The number of carbonyl (C=O) groups is 1. The Hall–Kier alpha value is -1.85. The molecular weight excluding hydrogens is 368 g/mol. The van der Waals surface area contributed by atoms with Crippen LogP contribution in [0.4, 0.5) is 5.69 Å². The number of nitrogens with one attached hydrogen (secondary N) is 2. The van der Waals surface area contributed by atoms with Crippen molar-refractivity contribution in [3.8, 4) is 5.75 Å². The maximum absolute atomic E-state index is 12.3. The van der Waals surface area contributed by atoms with Crippen LogP contribution in [-0.2, 0) is 4.79 Å². The minimum atomic E-state index is -0.0885. The van der Waals surface area contributed by atoms with Crippen molar-refractivity contribution in [1.82, 2.24) is 5.32 Å². The molecule has 128 valence electrons. The predicted octanol–water partition coefficient (Wildman–Crippen LogP) is 4.45. The second-order valence-electron chi connectivity index (χ2n) is 5.65. The molecule has 5 heteroatoms. The SMILES string of the molecule is CC[C@H](NCC(=O)Nc1cc(C)ccc1OC)c1ccc(Br)cc1. The van der Waals surface area contributed by atoms with Gasteiger partial charge < -0.3 is 15.4 Å². The van der Waals surface area contributed by atoms with Crippen LogP contribution in [0, 0.1) is 6.92 Å². The smallest absolute Gasteiger partial charge is 0.238 e. The highest BCUT2D eigenvalue weighted by Gasteiger charge is 2.12. The fraction of sp³-hybridized carbons (Fsp3) is 0.316. The number of anilines is 1. The predicted molar refractivity (Wildman–Crippen MR) is 102 cm³/mol. The summed E-state index contributed by atoms with van der Waals surface area (Å²) in [6, 6.07) is 14.0. The number of aryl methyl sites for hydroxylation is 1. The molecule has 0 saturated heterocycles. The largest absolute Gasteiger partial charge is 0.495 e. The van der Waals surface area contributed by atoms with Gasteiger partial charge in [0.15, 0.2) is 0 Å². The van der Waals surface area contributed by atoms with Crippen molar-refractivity contribution in [3.05, 3.63) is 58.1 Å². The number of carbonyl (C=O) groups excluding carboxylic acids is 1. The van der Waals surface area contributed by atoms with Crippen LogP contribution in [0.15, 0.2) is 46.9 Å². The molecular formula is C19H23BrN2O2. The minimum Gasteiger partial charge on any atom is -0.495 e. The highest BCUT2D eigenvalue weighted by Crippen LogP contribution is 2.25. The van der Waals surface area contributed by atoms with Crippen LogP contribution in [0.25, 0.3) is 0 Å². The fourth-order valence-electron chi connectivity index (χ4n) is 2.52. The number of hydrogen-bond donors (Lipinski definition) is 2. The molecule has 0 aromatic heterocycles. The number of methoxy groups -OCH3 is 1. The van der Waals surface area contributed by atoms with Crippen LogP contribution in [0.3, 0.4) is 0 Å². The first-order chi connectivity index (χ1) is 11.5. The van der Waals surface area contributed by atoms with E-state index in [0.717, 1.165) is 16.5 Å². The van der Waals surface area contributed by atoms with Crippen molar-refractivity contribution in [3.63, 3.8) is 0 Å². The van der Waals surface area contributed by atoms with Crippen molar-refractivity contribution in [2.75, 3.05) is 19.0 Å². The topological polar surface area (TPSA) is 50.4 Å².